The zero-order chi connectivity index (χ0) is 25.5. The summed E-state index contributed by atoms with van der Waals surface area (Å²) in [4.78, 5) is 32.6. The van der Waals surface area contributed by atoms with Gasteiger partial charge in [-0.2, -0.15) is 0 Å². The lowest BCUT2D eigenvalue weighted by molar-refractivity contribution is -0.139. The predicted molar refractivity (Wildman–Crippen MR) is 140 cm³/mol. The van der Waals surface area contributed by atoms with Crippen LogP contribution in [-0.2, 0) is 16.1 Å². The first-order valence-electron chi connectivity index (χ1n) is 12.0. The maximum Gasteiger partial charge on any atom is 0.256 e. The average molecular weight is 474 g/mol. The molecule has 2 heterocycles. The van der Waals surface area contributed by atoms with Crippen LogP contribution in [0.5, 0.6) is 5.75 Å². The fourth-order valence-corrected chi connectivity index (χ4v) is 5.37. The van der Waals surface area contributed by atoms with Gasteiger partial charge in [-0.15, -0.1) is 0 Å². The van der Waals surface area contributed by atoms with Gasteiger partial charge in [0.15, 0.2) is 0 Å². The molecule has 4 rings (SSSR count). The van der Waals surface area contributed by atoms with Gasteiger partial charge in [0.2, 0.25) is 5.91 Å². The van der Waals surface area contributed by atoms with Crippen molar-refractivity contribution in [2.45, 2.75) is 59.2 Å². The fourth-order valence-electron chi connectivity index (χ4n) is 5.37. The van der Waals surface area contributed by atoms with E-state index in [0.29, 0.717) is 11.3 Å². The van der Waals surface area contributed by atoms with E-state index in [-0.39, 0.29) is 23.8 Å². The number of aromatic nitrogens is 1. The van der Waals surface area contributed by atoms with Crippen LogP contribution < -0.4 is 10.1 Å². The van der Waals surface area contributed by atoms with E-state index in [1.807, 2.05) is 62.4 Å². The van der Waals surface area contributed by atoms with E-state index in [9.17, 15) is 9.59 Å². The number of hydrogen-bond acceptors (Lipinski definition) is 3. The molecule has 6 heteroatoms. The maximum atomic E-state index is 14.0. The quantitative estimate of drug-likeness (QED) is 0.458. The third-order valence-corrected chi connectivity index (χ3v) is 6.35. The summed E-state index contributed by atoms with van der Waals surface area (Å²) in [6.07, 6.45) is 0.790. The highest BCUT2D eigenvalue weighted by Crippen LogP contribution is 2.41. The lowest BCUT2D eigenvalue weighted by atomic mass is 9.81. The van der Waals surface area contributed by atoms with Crippen molar-refractivity contribution in [1.82, 2.24) is 15.2 Å². The maximum absolute atomic E-state index is 14.0. The Kier molecular flexibility index (Phi) is 6.26. The summed E-state index contributed by atoms with van der Waals surface area (Å²) in [5, 5.41) is 4.17. The number of carbonyl (C=O) groups excluding carboxylic acids is 2. The highest BCUT2D eigenvalue weighted by molar-refractivity contribution is 6.23. The van der Waals surface area contributed by atoms with Crippen molar-refractivity contribution in [3.05, 3.63) is 71.9 Å². The number of rotatable bonds is 6. The van der Waals surface area contributed by atoms with Crippen molar-refractivity contribution in [2.75, 3.05) is 7.11 Å². The van der Waals surface area contributed by atoms with E-state index < -0.39 is 11.6 Å². The molecule has 1 atom stereocenters. The van der Waals surface area contributed by atoms with Crippen LogP contribution in [0.15, 0.2) is 55.1 Å². The molecule has 6 nitrogen and oxygen atoms in total. The standard InChI is InChI=1S/C29H35N3O3/c1-18-24-23(21-10-8-9-11-22(21)30-24)25(26(33)31-29(5,6)17-28(2,3)4)32(27(18)34)16-19-12-14-20(35-7)15-13-19/h8-15,25,30H,1,16-17H2,2-7H3,(H,31,33). The van der Waals surface area contributed by atoms with Gasteiger partial charge in [-0.25, -0.2) is 0 Å². The second kappa shape index (κ2) is 8.91. The van der Waals surface area contributed by atoms with Crippen molar-refractivity contribution >= 4 is 28.3 Å². The number of aromatic amines is 1. The molecule has 2 aromatic carbocycles. The number of para-hydroxylation sites is 1. The van der Waals surface area contributed by atoms with Gasteiger partial charge in [-0.3, -0.25) is 9.59 Å². The van der Waals surface area contributed by atoms with Gasteiger partial charge in [0.25, 0.3) is 5.91 Å². The minimum absolute atomic E-state index is 0.0299. The molecule has 0 bridgehead atoms. The molecule has 184 valence electrons. The lowest BCUT2D eigenvalue weighted by Crippen LogP contribution is -2.52. The van der Waals surface area contributed by atoms with Crippen molar-refractivity contribution in [1.29, 1.82) is 0 Å². The number of nitrogens with one attached hydrogen (secondary N) is 2. The first kappa shape index (κ1) is 24.6. The molecule has 2 N–H and O–H groups in total. The minimum atomic E-state index is -0.791. The van der Waals surface area contributed by atoms with Crippen LogP contribution in [0.1, 0.15) is 63.9 Å². The molecule has 0 saturated heterocycles. The lowest BCUT2D eigenvalue weighted by Gasteiger charge is -2.39. The van der Waals surface area contributed by atoms with Gasteiger partial charge in [0.1, 0.15) is 11.8 Å². The number of H-pyrrole nitrogens is 1. The van der Waals surface area contributed by atoms with Crippen LogP contribution in [0, 0.1) is 5.41 Å². The summed E-state index contributed by atoms with van der Waals surface area (Å²) in [6, 6.07) is 14.6. The Labute approximate surface area is 207 Å². The molecule has 3 aromatic rings. The van der Waals surface area contributed by atoms with E-state index in [0.717, 1.165) is 34.2 Å². The predicted octanol–water partition coefficient (Wildman–Crippen LogP) is 5.60. The molecule has 1 aromatic heterocycles. The third kappa shape index (κ3) is 4.97. The van der Waals surface area contributed by atoms with E-state index in [1.54, 1.807) is 12.0 Å². The highest BCUT2D eigenvalue weighted by atomic mass is 16.5. The SMILES string of the molecule is C=C1C(=O)N(Cc2ccc(OC)cc2)C(C(=O)NC(C)(C)CC(C)(C)C)c2c1[nH]c1ccccc21. The molecule has 1 unspecified atom stereocenters. The number of carbonyl (C=O) groups is 2. The van der Waals surface area contributed by atoms with Crippen LogP contribution >= 0.6 is 0 Å². The summed E-state index contributed by atoms with van der Waals surface area (Å²) in [5.41, 5.74) is 3.15. The van der Waals surface area contributed by atoms with Crippen molar-refractivity contribution in [3.63, 3.8) is 0 Å². The molecule has 0 radical (unpaired) electrons. The van der Waals surface area contributed by atoms with Gasteiger partial charge in [0, 0.05) is 28.6 Å². The smallest absolute Gasteiger partial charge is 0.256 e. The summed E-state index contributed by atoms with van der Waals surface area (Å²) in [5.74, 6) is 0.286. The van der Waals surface area contributed by atoms with Gasteiger partial charge >= 0.3 is 0 Å². The van der Waals surface area contributed by atoms with Crippen LogP contribution in [-0.4, -0.2) is 34.3 Å². The second-order valence-electron chi connectivity index (χ2n) is 11.2. The highest BCUT2D eigenvalue weighted by Gasteiger charge is 2.43. The van der Waals surface area contributed by atoms with E-state index in [1.165, 1.54) is 0 Å². The Morgan fingerprint density at radius 3 is 2.37 bits per heavy atom. The number of ether oxygens (including phenoxy) is 1. The molecule has 35 heavy (non-hydrogen) atoms. The van der Waals surface area contributed by atoms with Gasteiger partial charge in [0.05, 0.1) is 18.4 Å². The summed E-state index contributed by atoms with van der Waals surface area (Å²) in [6.45, 7) is 14.9. The van der Waals surface area contributed by atoms with E-state index >= 15 is 0 Å². The number of nitrogens with zero attached hydrogens (tertiary/aromatic N) is 1. The zero-order valence-electron chi connectivity index (χ0n) is 21.5. The number of benzene rings is 2. The molecule has 1 aliphatic rings. The summed E-state index contributed by atoms with van der Waals surface area (Å²) >= 11 is 0. The van der Waals surface area contributed by atoms with E-state index in [4.69, 9.17) is 4.74 Å². The Bertz CT molecular complexity index is 1280. The van der Waals surface area contributed by atoms with Crippen LogP contribution in [0.4, 0.5) is 0 Å². The van der Waals surface area contributed by atoms with Crippen molar-refractivity contribution < 1.29 is 14.3 Å². The van der Waals surface area contributed by atoms with Crippen molar-refractivity contribution in [2.24, 2.45) is 5.41 Å². The average Bonchev–Trinajstić information content (AvgIpc) is 3.15. The van der Waals surface area contributed by atoms with Crippen molar-refractivity contribution in [3.8, 4) is 5.75 Å². The normalized spacial score (nSPS) is 16.4. The number of amides is 2. The molecule has 0 fully saturated rings. The Morgan fingerprint density at radius 1 is 1.09 bits per heavy atom. The first-order chi connectivity index (χ1) is 16.4. The number of hydrogen-bond donors (Lipinski definition) is 2. The van der Waals surface area contributed by atoms with Gasteiger partial charge in [-0.05, 0) is 49.4 Å². The summed E-state index contributed by atoms with van der Waals surface area (Å²) in [7, 11) is 1.62. The molecule has 0 spiro atoms. The largest absolute Gasteiger partial charge is 0.497 e. The van der Waals surface area contributed by atoms with Gasteiger partial charge in [-0.1, -0.05) is 57.7 Å². The molecular formula is C29H35N3O3. The third-order valence-electron chi connectivity index (χ3n) is 6.35. The monoisotopic (exact) mass is 473 g/mol. The first-order valence-corrected chi connectivity index (χ1v) is 12.0. The Balaban J connectivity index is 1.80. The van der Waals surface area contributed by atoms with E-state index in [2.05, 4.69) is 37.7 Å². The van der Waals surface area contributed by atoms with Crippen LogP contribution in [0.3, 0.4) is 0 Å². The minimum Gasteiger partial charge on any atom is -0.497 e. The van der Waals surface area contributed by atoms with Crippen LogP contribution in [0.2, 0.25) is 0 Å². The molecular weight excluding hydrogens is 438 g/mol. The van der Waals surface area contributed by atoms with Gasteiger partial charge < -0.3 is 19.9 Å². The fraction of sp³-hybridized carbons (Fsp3) is 0.379. The Hall–Kier alpha value is -3.54. The molecule has 0 aliphatic carbocycles. The second-order valence-corrected chi connectivity index (χ2v) is 11.2. The Morgan fingerprint density at radius 2 is 1.74 bits per heavy atom. The number of fused-ring (bicyclic) bond motifs is 3. The zero-order valence-corrected chi connectivity index (χ0v) is 21.5. The molecule has 0 saturated carbocycles. The molecule has 1 aliphatic heterocycles. The summed E-state index contributed by atoms with van der Waals surface area (Å²) < 4.78 is 5.27. The number of methoxy groups -OCH3 is 1. The molecule has 2 amide bonds. The van der Waals surface area contributed by atoms with Crippen LogP contribution in [0.25, 0.3) is 16.5 Å². The topological polar surface area (TPSA) is 74.4 Å².